The molecular weight excluding hydrogens is 314 g/mol. The van der Waals surface area contributed by atoms with Gasteiger partial charge in [0.15, 0.2) is 0 Å². The molecule has 0 bridgehead atoms. The first-order valence-corrected chi connectivity index (χ1v) is 7.45. The van der Waals surface area contributed by atoms with Gasteiger partial charge in [-0.15, -0.1) is 21.5 Å². The number of hydrogen-bond donors (Lipinski definition) is 1. The minimum atomic E-state index is 0.270. The van der Waals surface area contributed by atoms with E-state index in [1.54, 1.807) is 17.7 Å². The van der Waals surface area contributed by atoms with Crippen LogP contribution in [0.1, 0.15) is 16.7 Å². The fourth-order valence-corrected chi connectivity index (χ4v) is 3.88. The van der Waals surface area contributed by atoms with E-state index in [-0.39, 0.29) is 6.04 Å². The van der Waals surface area contributed by atoms with Crippen LogP contribution in [-0.4, -0.2) is 32.8 Å². The maximum Gasteiger partial charge on any atom is 0.147 e. The fraction of sp³-hybridized carbons (Fsp3) is 0.455. The highest BCUT2D eigenvalue weighted by Gasteiger charge is 2.25. The molecule has 0 radical (unpaired) electrons. The van der Waals surface area contributed by atoms with Crippen molar-refractivity contribution < 1.29 is 0 Å². The van der Waals surface area contributed by atoms with Crippen molar-refractivity contribution in [3.05, 3.63) is 32.9 Å². The Morgan fingerprint density at radius 1 is 1.44 bits per heavy atom. The van der Waals surface area contributed by atoms with Crippen LogP contribution in [0.3, 0.4) is 0 Å². The van der Waals surface area contributed by atoms with E-state index in [0.717, 1.165) is 29.2 Å². The van der Waals surface area contributed by atoms with Crippen LogP contribution in [0.25, 0.3) is 0 Å². The minimum absolute atomic E-state index is 0.270. The van der Waals surface area contributed by atoms with Gasteiger partial charge in [-0.1, -0.05) is 0 Å². The van der Waals surface area contributed by atoms with E-state index in [1.807, 2.05) is 0 Å². The number of nitrogens with two attached hydrogens (primary N) is 1. The molecule has 18 heavy (non-hydrogen) atoms. The molecule has 0 saturated carbocycles. The lowest BCUT2D eigenvalue weighted by atomic mass is 10.2. The first kappa shape index (κ1) is 12.3. The van der Waals surface area contributed by atoms with Gasteiger partial charge in [-0.05, 0) is 28.1 Å². The second-order valence-corrected chi connectivity index (χ2v) is 6.80. The van der Waals surface area contributed by atoms with Crippen LogP contribution in [0, 0.1) is 0 Å². The topological polar surface area (TPSA) is 60.0 Å². The van der Waals surface area contributed by atoms with E-state index in [0.29, 0.717) is 6.54 Å². The molecule has 0 aliphatic carbocycles. The molecule has 96 valence electrons. The van der Waals surface area contributed by atoms with Gasteiger partial charge in [-0.25, -0.2) is 0 Å². The molecule has 1 aliphatic heterocycles. The van der Waals surface area contributed by atoms with Gasteiger partial charge in [0.2, 0.25) is 0 Å². The predicted octanol–water partition coefficient (Wildman–Crippen LogP) is 1.62. The van der Waals surface area contributed by atoms with Gasteiger partial charge in [-0.2, -0.15) is 0 Å². The largest absolute Gasteiger partial charge is 0.329 e. The SMILES string of the molecule is NCC(c1ccc(Br)s1)N1CCn2cnnc2C1. The number of aromatic nitrogens is 3. The highest BCUT2D eigenvalue weighted by Crippen LogP contribution is 2.31. The molecule has 5 nitrogen and oxygen atoms in total. The van der Waals surface area contributed by atoms with Crippen LogP contribution in [0.2, 0.25) is 0 Å². The van der Waals surface area contributed by atoms with Crippen LogP contribution in [0.4, 0.5) is 0 Å². The smallest absolute Gasteiger partial charge is 0.147 e. The molecule has 1 atom stereocenters. The van der Waals surface area contributed by atoms with Crippen LogP contribution >= 0.6 is 27.3 Å². The third-order valence-corrected chi connectivity index (χ3v) is 4.98. The standard InChI is InChI=1S/C11H14BrN5S/c12-10-2-1-9(18-10)8(5-13)16-3-4-17-7-14-15-11(17)6-16/h1-2,7-8H,3-6,13H2. The van der Waals surface area contributed by atoms with Crippen molar-refractivity contribution in [1.29, 1.82) is 0 Å². The second-order valence-electron chi connectivity index (χ2n) is 4.30. The molecule has 1 aliphatic rings. The predicted molar refractivity (Wildman–Crippen MR) is 74.2 cm³/mol. The van der Waals surface area contributed by atoms with E-state index >= 15 is 0 Å². The molecule has 3 heterocycles. The average Bonchev–Trinajstić information content (AvgIpc) is 2.99. The molecule has 0 fully saturated rings. The van der Waals surface area contributed by atoms with Crippen LogP contribution in [-0.2, 0) is 13.1 Å². The fourth-order valence-electron chi connectivity index (χ4n) is 2.30. The molecule has 7 heteroatoms. The van der Waals surface area contributed by atoms with Crippen molar-refractivity contribution >= 4 is 27.3 Å². The number of halogens is 1. The number of thiophene rings is 1. The zero-order valence-electron chi connectivity index (χ0n) is 9.79. The van der Waals surface area contributed by atoms with Crippen molar-refractivity contribution in [3.8, 4) is 0 Å². The zero-order valence-corrected chi connectivity index (χ0v) is 12.2. The molecule has 1 unspecified atom stereocenters. The summed E-state index contributed by atoms with van der Waals surface area (Å²) in [4.78, 5) is 3.68. The van der Waals surface area contributed by atoms with Gasteiger partial charge in [-0.3, -0.25) is 4.90 Å². The van der Waals surface area contributed by atoms with Crippen molar-refractivity contribution in [2.75, 3.05) is 13.1 Å². The van der Waals surface area contributed by atoms with Gasteiger partial charge in [0, 0.05) is 24.5 Å². The van der Waals surface area contributed by atoms with Gasteiger partial charge in [0.1, 0.15) is 12.2 Å². The number of rotatable bonds is 3. The van der Waals surface area contributed by atoms with Crippen LogP contribution < -0.4 is 5.73 Å². The van der Waals surface area contributed by atoms with Crippen LogP contribution in [0.15, 0.2) is 22.2 Å². The first-order chi connectivity index (χ1) is 8.78. The van der Waals surface area contributed by atoms with E-state index in [2.05, 4.69) is 47.7 Å². The molecule has 0 saturated heterocycles. The Balaban J connectivity index is 1.82. The second kappa shape index (κ2) is 5.08. The van der Waals surface area contributed by atoms with E-state index < -0.39 is 0 Å². The van der Waals surface area contributed by atoms with Gasteiger partial charge in [0.25, 0.3) is 0 Å². The number of nitrogens with zero attached hydrogens (tertiary/aromatic N) is 4. The minimum Gasteiger partial charge on any atom is -0.329 e. The monoisotopic (exact) mass is 327 g/mol. The van der Waals surface area contributed by atoms with Crippen LogP contribution in [0.5, 0.6) is 0 Å². The van der Waals surface area contributed by atoms with E-state index in [9.17, 15) is 0 Å². The maximum absolute atomic E-state index is 5.95. The van der Waals surface area contributed by atoms with E-state index in [1.165, 1.54) is 4.88 Å². The zero-order chi connectivity index (χ0) is 12.5. The molecule has 2 aromatic heterocycles. The Morgan fingerprint density at radius 2 is 2.33 bits per heavy atom. The maximum atomic E-state index is 5.95. The van der Waals surface area contributed by atoms with Gasteiger partial charge < -0.3 is 10.3 Å². The molecular formula is C11H14BrN5S. The molecule has 0 amide bonds. The highest BCUT2D eigenvalue weighted by atomic mass is 79.9. The third kappa shape index (κ3) is 2.23. The lowest BCUT2D eigenvalue weighted by molar-refractivity contribution is 0.158. The summed E-state index contributed by atoms with van der Waals surface area (Å²) in [5.74, 6) is 1.02. The summed E-state index contributed by atoms with van der Waals surface area (Å²) in [5, 5.41) is 8.10. The van der Waals surface area contributed by atoms with E-state index in [4.69, 9.17) is 5.73 Å². The van der Waals surface area contributed by atoms with Crippen molar-refractivity contribution in [3.63, 3.8) is 0 Å². The Hall–Kier alpha value is -0.760. The molecule has 0 aromatic carbocycles. The van der Waals surface area contributed by atoms with Gasteiger partial charge in [0.05, 0.1) is 16.4 Å². The normalized spacial score (nSPS) is 17.7. The third-order valence-electron chi connectivity index (χ3n) is 3.25. The first-order valence-electron chi connectivity index (χ1n) is 5.84. The summed E-state index contributed by atoms with van der Waals surface area (Å²) >= 11 is 5.26. The van der Waals surface area contributed by atoms with Crippen molar-refractivity contribution in [2.45, 2.75) is 19.1 Å². The summed E-state index contributed by atoms with van der Waals surface area (Å²) in [5.41, 5.74) is 5.95. The Kier molecular flexibility index (Phi) is 3.47. The Morgan fingerprint density at radius 3 is 3.06 bits per heavy atom. The summed E-state index contributed by atoms with van der Waals surface area (Å²) in [7, 11) is 0. The molecule has 2 aromatic rings. The summed E-state index contributed by atoms with van der Waals surface area (Å²) in [6.45, 7) is 3.37. The number of fused-ring (bicyclic) bond motifs is 1. The molecule has 2 N–H and O–H groups in total. The molecule has 3 rings (SSSR count). The quantitative estimate of drug-likeness (QED) is 0.930. The van der Waals surface area contributed by atoms with Crippen molar-refractivity contribution in [2.24, 2.45) is 5.73 Å². The van der Waals surface area contributed by atoms with Gasteiger partial charge >= 0.3 is 0 Å². The Bertz CT molecular complexity index is 537. The summed E-state index contributed by atoms with van der Waals surface area (Å²) in [6, 6.07) is 4.49. The lowest BCUT2D eigenvalue weighted by Gasteiger charge is -2.33. The van der Waals surface area contributed by atoms with Crippen molar-refractivity contribution in [1.82, 2.24) is 19.7 Å². The average molecular weight is 328 g/mol. The highest BCUT2D eigenvalue weighted by molar-refractivity contribution is 9.11. The lowest BCUT2D eigenvalue weighted by Crippen LogP contribution is -2.39. The summed E-state index contributed by atoms with van der Waals surface area (Å²) in [6.07, 6.45) is 1.80. The Labute approximate surface area is 118 Å². The number of hydrogen-bond acceptors (Lipinski definition) is 5. The summed E-state index contributed by atoms with van der Waals surface area (Å²) < 4.78 is 3.25. The molecule has 0 spiro atoms.